The van der Waals surface area contributed by atoms with Gasteiger partial charge in [-0.3, -0.25) is 9.59 Å². The summed E-state index contributed by atoms with van der Waals surface area (Å²) in [4.78, 5) is 27.0. The van der Waals surface area contributed by atoms with Crippen molar-refractivity contribution in [3.05, 3.63) is 65.2 Å². The number of carbonyl (C=O) groups excluding carboxylic acids is 2. The molecule has 2 aliphatic heterocycles. The van der Waals surface area contributed by atoms with Crippen molar-refractivity contribution >= 4 is 17.8 Å². The van der Waals surface area contributed by atoms with Crippen molar-refractivity contribution in [3.63, 3.8) is 0 Å². The van der Waals surface area contributed by atoms with E-state index in [0.717, 1.165) is 5.56 Å². The number of ketones is 1. The Balaban J connectivity index is 1.41. The fourth-order valence-electron chi connectivity index (χ4n) is 3.97. The number of Topliss-reactive ketones (excluding diaryl/α,β-unsaturated/α-hetero) is 1. The minimum Gasteiger partial charge on any atom is -0.497 e. The van der Waals surface area contributed by atoms with E-state index in [-0.39, 0.29) is 11.7 Å². The summed E-state index contributed by atoms with van der Waals surface area (Å²) in [5.41, 5.74) is 2.27. The maximum Gasteiger partial charge on any atom is 0.246 e. The number of rotatable bonds is 3. The molecule has 1 amide bonds. The number of ether oxygens (including phenoxy) is 2. The Kier molecular flexibility index (Phi) is 5.14. The SMILES string of the molecule is COc1ccc2c(c1)OC1(CCN(C(=O)/C=C/c3ccc(C)cc3)CC1)CC2=O. The Hall–Kier alpha value is -3.08. The zero-order valence-corrected chi connectivity index (χ0v) is 16.8. The number of nitrogens with zero attached hydrogens (tertiary/aromatic N) is 1. The van der Waals surface area contributed by atoms with Gasteiger partial charge in [-0.15, -0.1) is 0 Å². The molecule has 2 aromatic carbocycles. The first-order valence-corrected chi connectivity index (χ1v) is 9.92. The lowest BCUT2D eigenvalue weighted by Crippen LogP contribution is -2.52. The van der Waals surface area contributed by atoms with Crippen LogP contribution in [0, 0.1) is 6.92 Å². The topological polar surface area (TPSA) is 55.8 Å². The van der Waals surface area contributed by atoms with Gasteiger partial charge < -0.3 is 14.4 Å². The standard InChI is InChI=1S/C24H25NO4/c1-17-3-5-18(6-4-17)7-10-23(27)25-13-11-24(12-14-25)16-21(26)20-9-8-19(28-2)15-22(20)29-24/h3-10,15H,11-14,16H2,1-2H3/b10-7+. The van der Waals surface area contributed by atoms with Crippen LogP contribution in [0.4, 0.5) is 0 Å². The molecule has 0 aromatic heterocycles. The quantitative estimate of drug-likeness (QED) is 0.741. The second-order valence-corrected chi connectivity index (χ2v) is 7.82. The predicted octanol–water partition coefficient (Wildman–Crippen LogP) is 4.04. The minimum atomic E-state index is -0.534. The first-order chi connectivity index (χ1) is 14.0. The molecule has 2 aliphatic rings. The molecule has 0 unspecified atom stereocenters. The van der Waals surface area contributed by atoms with Crippen molar-refractivity contribution in [1.82, 2.24) is 4.90 Å². The molecular weight excluding hydrogens is 366 g/mol. The van der Waals surface area contributed by atoms with Crippen LogP contribution in [0.2, 0.25) is 0 Å². The first-order valence-electron chi connectivity index (χ1n) is 9.92. The van der Waals surface area contributed by atoms with Crippen molar-refractivity contribution < 1.29 is 19.1 Å². The summed E-state index contributed by atoms with van der Waals surface area (Å²) in [6.45, 7) is 3.18. The maximum atomic E-state index is 12.6. The number of carbonyl (C=O) groups is 2. The molecule has 0 bridgehead atoms. The number of fused-ring (bicyclic) bond motifs is 1. The third kappa shape index (κ3) is 4.04. The number of hydrogen-bond acceptors (Lipinski definition) is 4. The van der Waals surface area contributed by atoms with Gasteiger partial charge in [0.05, 0.1) is 19.1 Å². The van der Waals surface area contributed by atoms with Gasteiger partial charge in [-0.25, -0.2) is 0 Å². The van der Waals surface area contributed by atoms with Gasteiger partial charge in [-0.1, -0.05) is 29.8 Å². The molecule has 150 valence electrons. The molecule has 2 heterocycles. The largest absolute Gasteiger partial charge is 0.497 e. The molecule has 0 atom stereocenters. The van der Waals surface area contributed by atoms with Crippen LogP contribution in [0.1, 0.15) is 40.7 Å². The lowest BCUT2D eigenvalue weighted by Gasteiger charge is -2.43. The number of methoxy groups -OCH3 is 1. The van der Waals surface area contributed by atoms with Gasteiger partial charge in [0.1, 0.15) is 17.1 Å². The van der Waals surface area contributed by atoms with Crippen LogP contribution in [-0.2, 0) is 4.79 Å². The smallest absolute Gasteiger partial charge is 0.246 e. The highest BCUT2D eigenvalue weighted by Crippen LogP contribution is 2.40. The van der Waals surface area contributed by atoms with Crippen LogP contribution in [-0.4, -0.2) is 42.4 Å². The molecule has 0 saturated carbocycles. The van der Waals surface area contributed by atoms with E-state index in [9.17, 15) is 9.59 Å². The van der Waals surface area contributed by atoms with E-state index in [4.69, 9.17) is 9.47 Å². The van der Waals surface area contributed by atoms with Crippen LogP contribution >= 0.6 is 0 Å². The third-order valence-corrected chi connectivity index (χ3v) is 5.78. The van der Waals surface area contributed by atoms with Crippen LogP contribution in [0.25, 0.3) is 6.08 Å². The van der Waals surface area contributed by atoms with Gasteiger partial charge in [0.15, 0.2) is 5.78 Å². The molecular formula is C24H25NO4. The highest BCUT2D eigenvalue weighted by Gasteiger charge is 2.43. The van der Waals surface area contributed by atoms with E-state index in [0.29, 0.717) is 49.4 Å². The second-order valence-electron chi connectivity index (χ2n) is 7.82. The molecule has 5 heteroatoms. The van der Waals surface area contributed by atoms with Crippen LogP contribution in [0.3, 0.4) is 0 Å². The molecule has 2 aromatic rings. The lowest BCUT2D eigenvalue weighted by molar-refractivity contribution is -0.129. The van der Waals surface area contributed by atoms with E-state index >= 15 is 0 Å². The summed E-state index contributed by atoms with van der Waals surface area (Å²) >= 11 is 0. The Bertz CT molecular complexity index is 953. The van der Waals surface area contributed by atoms with Gasteiger partial charge in [0.2, 0.25) is 5.91 Å². The van der Waals surface area contributed by atoms with Gasteiger partial charge in [-0.2, -0.15) is 0 Å². The zero-order chi connectivity index (χ0) is 20.4. The molecule has 1 spiro atoms. The summed E-state index contributed by atoms with van der Waals surface area (Å²) in [7, 11) is 1.59. The van der Waals surface area contributed by atoms with Crippen LogP contribution < -0.4 is 9.47 Å². The van der Waals surface area contributed by atoms with E-state index in [2.05, 4.69) is 0 Å². The number of piperidine rings is 1. The molecule has 1 fully saturated rings. The molecule has 5 nitrogen and oxygen atoms in total. The number of aryl methyl sites for hydroxylation is 1. The van der Waals surface area contributed by atoms with Crippen molar-refractivity contribution in [2.75, 3.05) is 20.2 Å². The number of benzene rings is 2. The Morgan fingerprint density at radius 1 is 1.14 bits per heavy atom. The minimum absolute atomic E-state index is 0.00960. The molecule has 1 saturated heterocycles. The predicted molar refractivity (Wildman–Crippen MR) is 111 cm³/mol. The highest BCUT2D eigenvalue weighted by atomic mass is 16.5. The Labute approximate surface area is 170 Å². The van der Waals surface area contributed by atoms with Crippen molar-refractivity contribution in [2.24, 2.45) is 0 Å². The van der Waals surface area contributed by atoms with E-state index in [1.807, 2.05) is 42.2 Å². The summed E-state index contributed by atoms with van der Waals surface area (Å²) in [5.74, 6) is 1.33. The summed E-state index contributed by atoms with van der Waals surface area (Å²) < 4.78 is 11.5. The third-order valence-electron chi connectivity index (χ3n) is 5.78. The van der Waals surface area contributed by atoms with Gasteiger partial charge >= 0.3 is 0 Å². The van der Waals surface area contributed by atoms with E-state index < -0.39 is 5.60 Å². The lowest BCUT2D eigenvalue weighted by atomic mass is 9.82. The fourth-order valence-corrected chi connectivity index (χ4v) is 3.97. The monoisotopic (exact) mass is 391 g/mol. The van der Waals surface area contributed by atoms with Crippen LogP contribution in [0.5, 0.6) is 11.5 Å². The zero-order valence-electron chi connectivity index (χ0n) is 16.8. The first kappa shape index (κ1) is 19.2. The molecule has 0 radical (unpaired) electrons. The van der Waals surface area contributed by atoms with Crippen molar-refractivity contribution in [3.8, 4) is 11.5 Å². The molecule has 0 N–H and O–H groups in total. The maximum absolute atomic E-state index is 12.6. The highest BCUT2D eigenvalue weighted by molar-refractivity contribution is 6.00. The van der Waals surface area contributed by atoms with E-state index in [1.54, 1.807) is 31.4 Å². The summed E-state index contributed by atoms with van der Waals surface area (Å²) in [5, 5.41) is 0. The Morgan fingerprint density at radius 2 is 1.86 bits per heavy atom. The molecule has 29 heavy (non-hydrogen) atoms. The van der Waals surface area contributed by atoms with E-state index in [1.165, 1.54) is 5.56 Å². The number of hydrogen-bond donors (Lipinski definition) is 0. The molecule has 0 aliphatic carbocycles. The van der Waals surface area contributed by atoms with Gasteiger partial charge in [0, 0.05) is 38.1 Å². The Morgan fingerprint density at radius 3 is 2.55 bits per heavy atom. The van der Waals surface area contributed by atoms with Gasteiger partial charge in [-0.05, 0) is 30.7 Å². The average molecular weight is 391 g/mol. The second kappa shape index (κ2) is 7.74. The van der Waals surface area contributed by atoms with Crippen molar-refractivity contribution in [1.29, 1.82) is 0 Å². The van der Waals surface area contributed by atoms with Gasteiger partial charge in [0.25, 0.3) is 0 Å². The molecule has 4 rings (SSSR count). The fraction of sp³-hybridized carbons (Fsp3) is 0.333. The van der Waals surface area contributed by atoms with Crippen molar-refractivity contribution in [2.45, 2.75) is 31.8 Å². The van der Waals surface area contributed by atoms with Crippen LogP contribution in [0.15, 0.2) is 48.5 Å². The number of amides is 1. The average Bonchev–Trinajstić information content (AvgIpc) is 2.73. The normalized spacial score (nSPS) is 17.9. The summed E-state index contributed by atoms with van der Waals surface area (Å²) in [6, 6.07) is 13.4. The number of likely N-dealkylation sites (tertiary alicyclic amines) is 1. The summed E-state index contributed by atoms with van der Waals surface area (Å²) in [6.07, 6.45) is 5.09.